The highest BCUT2D eigenvalue weighted by molar-refractivity contribution is 5.94. The zero-order valence-electron chi connectivity index (χ0n) is 12.1. The largest absolute Gasteiger partial charge is 0.465 e. The zero-order valence-corrected chi connectivity index (χ0v) is 12.9. The zero-order chi connectivity index (χ0) is 14.4. The molecule has 0 aliphatic carbocycles. The summed E-state index contributed by atoms with van der Waals surface area (Å²) >= 11 is 0. The van der Waals surface area contributed by atoms with E-state index in [0.29, 0.717) is 11.4 Å². The van der Waals surface area contributed by atoms with Crippen LogP contribution in [0.2, 0.25) is 0 Å². The molecule has 0 saturated heterocycles. The molecule has 0 fully saturated rings. The third-order valence-electron chi connectivity index (χ3n) is 3.47. The van der Waals surface area contributed by atoms with Gasteiger partial charge >= 0.3 is 5.97 Å². The summed E-state index contributed by atoms with van der Waals surface area (Å²) < 4.78 is 4.79. The molecule has 1 unspecified atom stereocenters. The Bertz CT molecular complexity index is 541. The van der Waals surface area contributed by atoms with Crippen LogP contribution in [0.1, 0.15) is 35.2 Å². The van der Waals surface area contributed by atoms with Crippen LogP contribution in [-0.4, -0.2) is 25.5 Å². The fourth-order valence-corrected chi connectivity index (χ4v) is 2.30. The summed E-state index contributed by atoms with van der Waals surface area (Å²) in [6.45, 7) is 0.814. The summed E-state index contributed by atoms with van der Waals surface area (Å²) in [7, 11) is 1.39. The maximum absolute atomic E-state index is 11.7. The first-order chi connectivity index (χ1) is 9.72. The quantitative estimate of drug-likeness (QED) is 0.873. The molecule has 1 heterocycles. The van der Waals surface area contributed by atoms with Crippen LogP contribution in [0.3, 0.4) is 0 Å². The number of halogens is 1. The Labute approximate surface area is 131 Å². The molecule has 1 aliphatic heterocycles. The topological polar surface area (TPSA) is 64.7 Å². The van der Waals surface area contributed by atoms with Crippen molar-refractivity contribution in [2.45, 2.75) is 19.3 Å². The molecular weight excluding hydrogens is 288 g/mol. The molecule has 0 spiro atoms. The number of hydrogen-bond donors (Lipinski definition) is 1. The second-order valence-electron chi connectivity index (χ2n) is 4.85. The number of hydrogen-bond acceptors (Lipinski definition) is 4. The number of esters is 1. The van der Waals surface area contributed by atoms with Crippen molar-refractivity contribution in [1.29, 1.82) is 0 Å². The van der Waals surface area contributed by atoms with Crippen molar-refractivity contribution in [2.24, 2.45) is 16.6 Å². The number of rotatable bonds is 3. The first-order valence-electron chi connectivity index (χ1n) is 6.87. The molecule has 1 aromatic carbocycles. The van der Waals surface area contributed by atoms with Gasteiger partial charge in [0, 0.05) is 12.5 Å². The van der Waals surface area contributed by atoms with E-state index in [1.165, 1.54) is 7.11 Å². The van der Waals surface area contributed by atoms with Crippen molar-refractivity contribution >= 4 is 30.3 Å². The molecule has 1 atom stereocenters. The second kappa shape index (κ2) is 8.47. The lowest BCUT2D eigenvalue weighted by Gasteiger charge is -2.09. The molecule has 0 aromatic heterocycles. The molecule has 4 nitrogen and oxygen atoms in total. The van der Waals surface area contributed by atoms with Gasteiger partial charge in [0.15, 0.2) is 0 Å². The normalized spacial score (nSPS) is 18.5. The van der Waals surface area contributed by atoms with Crippen molar-refractivity contribution < 1.29 is 9.53 Å². The van der Waals surface area contributed by atoms with E-state index in [4.69, 9.17) is 10.5 Å². The first-order valence-corrected chi connectivity index (χ1v) is 6.87. The molecule has 0 amide bonds. The Hall–Kier alpha value is -1.81. The predicted octanol–water partition coefficient (Wildman–Crippen LogP) is 3.07. The van der Waals surface area contributed by atoms with Crippen molar-refractivity contribution in [1.82, 2.24) is 0 Å². The number of aliphatic imine (C=N–C) groups is 1. The van der Waals surface area contributed by atoms with Crippen LogP contribution in [0, 0.1) is 5.92 Å². The van der Waals surface area contributed by atoms with Gasteiger partial charge in [-0.25, -0.2) is 4.79 Å². The van der Waals surface area contributed by atoms with Crippen LogP contribution < -0.4 is 5.73 Å². The standard InChI is InChI=1S/C16H20N2O2.ClH/c1-20-16(19)14-8-3-2-6-12(14)9-10-13-7-4-5-11-18-15(13)17;/h2-3,6,8-10,13H,4-5,7,11H2,1H3,(H2,17,18);1H. The van der Waals surface area contributed by atoms with E-state index in [1.807, 2.05) is 30.4 Å². The Balaban J connectivity index is 0.00000220. The number of benzene rings is 1. The number of nitrogens with two attached hydrogens (primary N) is 1. The highest BCUT2D eigenvalue weighted by Crippen LogP contribution is 2.18. The third-order valence-corrected chi connectivity index (χ3v) is 3.47. The molecule has 1 aromatic rings. The minimum Gasteiger partial charge on any atom is -0.465 e. The van der Waals surface area contributed by atoms with Gasteiger partial charge in [-0.05, 0) is 24.5 Å². The summed E-state index contributed by atoms with van der Waals surface area (Å²) in [5.41, 5.74) is 7.38. The Morgan fingerprint density at radius 3 is 2.90 bits per heavy atom. The van der Waals surface area contributed by atoms with Gasteiger partial charge in [-0.1, -0.05) is 36.8 Å². The van der Waals surface area contributed by atoms with E-state index in [2.05, 4.69) is 4.99 Å². The highest BCUT2D eigenvalue weighted by Gasteiger charge is 2.13. The van der Waals surface area contributed by atoms with Crippen LogP contribution in [0.25, 0.3) is 6.08 Å². The van der Waals surface area contributed by atoms with Gasteiger partial charge in [0.2, 0.25) is 0 Å². The van der Waals surface area contributed by atoms with Gasteiger partial charge < -0.3 is 10.5 Å². The van der Waals surface area contributed by atoms with E-state index in [1.54, 1.807) is 6.07 Å². The Morgan fingerprint density at radius 1 is 1.38 bits per heavy atom. The molecule has 21 heavy (non-hydrogen) atoms. The van der Waals surface area contributed by atoms with Crippen molar-refractivity contribution in [3.63, 3.8) is 0 Å². The molecule has 2 N–H and O–H groups in total. The number of ether oxygens (including phenoxy) is 1. The van der Waals surface area contributed by atoms with Gasteiger partial charge in [0.25, 0.3) is 0 Å². The van der Waals surface area contributed by atoms with Crippen LogP contribution in [0.15, 0.2) is 35.3 Å². The maximum atomic E-state index is 11.7. The van der Waals surface area contributed by atoms with Gasteiger partial charge in [0.1, 0.15) is 5.84 Å². The smallest absolute Gasteiger partial charge is 0.338 e. The molecule has 0 saturated carbocycles. The number of methoxy groups -OCH3 is 1. The molecule has 0 radical (unpaired) electrons. The van der Waals surface area contributed by atoms with E-state index < -0.39 is 0 Å². The molecule has 114 valence electrons. The number of carbonyl (C=O) groups is 1. The molecule has 0 bridgehead atoms. The minimum absolute atomic E-state index is 0. The molecular formula is C16H21ClN2O2. The lowest BCUT2D eigenvalue weighted by atomic mass is 9.99. The van der Waals surface area contributed by atoms with Crippen molar-refractivity contribution in [3.05, 3.63) is 41.5 Å². The lowest BCUT2D eigenvalue weighted by Crippen LogP contribution is -2.21. The van der Waals surface area contributed by atoms with Crippen LogP contribution >= 0.6 is 12.4 Å². The lowest BCUT2D eigenvalue weighted by molar-refractivity contribution is 0.0600. The fraction of sp³-hybridized carbons (Fsp3) is 0.375. The summed E-state index contributed by atoms with van der Waals surface area (Å²) in [4.78, 5) is 16.0. The average Bonchev–Trinajstić information content (AvgIpc) is 2.69. The van der Waals surface area contributed by atoms with Gasteiger partial charge in [-0.15, -0.1) is 12.4 Å². The van der Waals surface area contributed by atoms with E-state index in [0.717, 1.165) is 31.4 Å². The minimum atomic E-state index is -0.326. The average molecular weight is 309 g/mol. The Morgan fingerprint density at radius 2 is 2.14 bits per heavy atom. The van der Waals surface area contributed by atoms with E-state index in [-0.39, 0.29) is 24.3 Å². The number of amidine groups is 1. The van der Waals surface area contributed by atoms with Gasteiger partial charge in [0.05, 0.1) is 12.7 Å². The van der Waals surface area contributed by atoms with Crippen molar-refractivity contribution in [3.8, 4) is 0 Å². The van der Waals surface area contributed by atoms with Crippen LogP contribution in [0.5, 0.6) is 0 Å². The van der Waals surface area contributed by atoms with Crippen LogP contribution in [0.4, 0.5) is 0 Å². The fourth-order valence-electron chi connectivity index (χ4n) is 2.30. The van der Waals surface area contributed by atoms with E-state index >= 15 is 0 Å². The second-order valence-corrected chi connectivity index (χ2v) is 4.85. The molecule has 5 heteroatoms. The van der Waals surface area contributed by atoms with Crippen molar-refractivity contribution in [2.75, 3.05) is 13.7 Å². The van der Waals surface area contributed by atoms with Gasteiger partial charge in [-0.3, -0.25) is 4.99 Å². The number of carbonyl (C=O) groups excluding carboxylic acids is 1. The summed E-state index contributed by atoms with van der Waals surface area (Å²) in [6.07, 6.45) is 7.18. The summed E-state index contributed by atoms with van der Waals surface area (Å²) in [6, 6.07) is 7.38. The van der Waals surface area contributed by atoms with Crippen LogP contribution in [-0.2, 0) is 4.74 Å². The monoisotopic (exact) mass is 308 g/mol. The molecule has 2 rings (SSSR count). The summed E-state index contributed by atoms with van der Waals surface area (Å²) in [5, 5.41) is 0. The Kier molecular flexibility index (Phi) is 6.96. The highest BCUT2D eigenvalue weighted by atomic mass is 35.5. The molecule has 1 aliphatic rings. The predicted molar refractivity (Wildman–Crippen MR) is 87.9 cm³/mol. The number of nitrogens with zero attached hydrogens (tertiary/aromatic N) is 1. The summed E-state index contributed by atoms with van der Waals surface area (Å²) in [5.74, 6) is 0.519. The van der Waals surface area contributed by atoms with Gasteiger partial charge in [-0.2, -0.15) is 0 Å². The SMILES string of the molecule is COC(=O)c1ccccc1C=CC1CCCCN=C1N.Cl. The van der Waals surface area contributed by atoms with E-state index in [9.17, 15) is 4.79 Å². The third kappa shape index (κ3) is 4.60. The first kappa shape index (κ1) is 17.2. The maximum Gasteiger partial charge on any atom is 0.338 e.